The van der Waals surface area contributed by atoms with Crippen LogP contribution in [-0.4, -0.2) is 16.0 Å². The van der Waals surface area contributed by atoms with E-state index in [1.54, 1.807) is 0 Å². The molecule has 0 amide bonds. The summed E-state index contributed by atoms with van der Waals surface area (Å²) in [5, 5.41) is 3.74. The minimum atomic E-state index is -0.140. The summed E-state index contributed by atoms with van der Waals surface area (Å²) < 4.78 is 0. The number of aromatic nitrogens is 2. The van der Waals surface area contributed by atoms with Gasteiger partial charge in [-0.05, 0) is 50.3 Å². The van der Waals surface area contributed by atoms with E-state index < -0.39 is 0 Å². The number of benzene rings is 1. The first-order chi connectivity index (χ1) is 10.1. The molecule has 0 spiro atoms. The summed E-state index contributed by atoms with van der Waals surface area (Å²) in [4.78, 5) is 16.9. The molecular weight excluding hydrogens is 262 g/mol. The number of fused-ring (bicyclic) bond motifs is 1. The Morgan fingerprint density at radius 3 is 2.57 bits per heavy atom. The topological polar surface area (TPSA) is 60.7 Å². The Labute approximate surface area is 125 Å². The van der Waals surface area contributed by atoms with Gasteiger partial charge >= 0.3 is 5.69 Å². The fourth-order valence-corrected chi connectivity index (χ4v) is 3.58. The molecule has 0 aliphatic heterocycles. The maximum atomic E-state index is 11.3. The van der Waals surface area contributed by atoms with Gasteiger partial charge in [0, 0.05) is 12.1 Å². The SMILES string of the molecule is CC(NC(C)C1CCCCC1)c1ccc2[nH]c(=O)[nH]c2c1. The van der Waals surface area contributed by atoms with Gasteiger partial charge < -0.3 is 15.3 Å². The molecule has 0 bridgehead atoms. The molecular formula is C17H25N3O. The van der Waals surface area contributed by atoms with Crippen LogP contribution in [0.1, 0.15) is 57.6 Å². The molecule has 4 heteroatoms. The largest absolute Gasteiger partial charge is 0.323 e. The highest BCUT2D eigenvalue weighted by atomic mass is 16.1. The standard InChI is InChI=1S/C17H25N3O/c1-11(13-6-4-3-5-7-13)18-12(2)14-8-9-15-16(10-14)20-17(21)19-15/h8-13,18H,3-7H2,1-2H3,(H2,19,20,21). The van der Waals surface area contributed by atoms with Crippen molar-refractivity contribution >= 4 is 11.0 Å². The van der Waals surface area contributed by atoms with E-state index in [2.05, 4.69) is 41.3 Å². The van der Waals surface area contributed by atoms with E-state index in [0.29, 0.717) is 12.1 Å². The van der Waals surface area contributed by atoms with E-state index in [9.17, 15) is 4.79 Å². The molecule has 2 atom stereocenters. The molecule has 3 N–H and O–H groups in total. The zero-order valence-corrected chi connectivity index (χ0v) is 12.9. The fourth-order valence-electron chi connectivity index (χ4n) is 3.58. The Balaban J connectivity index is 1.70. The number of hydrogen-bond donors (Lipinski definition) is 3. The van der Waals surface area contributed by atoms with Crippen molar-refractivity contribution in [2.75, 3.05) is 0 Å². The average Bonchev–Trinajstić information content (AvgIpc) is 2.87. The molecule has 1 aliphatic rings. The summed E-state index contributed by atoms with van der Waals surface area (Å²) in [5.41, 5.74) is 2.84. The van der Waals surface area contributed by atoms with E-state index in [-0.39, 0.29) is 5.69 Å². The zero-order valence-electron chi connectivity index (χ0n) is 12.9. The lowest BCUT2D eigenvalue weighted by Crippen LogP contribution is -2.36. The van der Waals surface area contributed by atoms with Crippen molar-refractivity contribution in [1.29, 1.82) is 0 Å². The second kappa shape index (κ2) is 6.06. The molecule has 21 heavy (non-hydrogen) atoms. The van der Waals surface area contributed by atoms with Gasteiger partial charge in [-0.25, -0.2) is 4.79 Å². The number of imidazole rings is 1. The van der Waals surface area contributed by atoms with Gasteiger partial charge in [-0.1, -0.05) is 25.3 Å². The smallest absolute Gasteiger partial charge is 0.307 e. The highest BCUT2D eigenvalue weighted by Crippen LogP contribution is 2.28. The lowest BCUT2D eigenvalue weighted by Gasteiger charge is -2.30. The predicted octanol–water partition coefficient (Wildman–Crippen LogP) is 3.48. The van der Waals surface area contributed by atoms with Crippen LogP contribution >= 0.6 is 0 Å². The van der Waals surface area contributed by atoms with Crippen molar-refractivity contribution in [1.82, 2.24) is 15.3 Å². The van der Waals surface area contributed by atoms with Crippen LogP contribution < -0.4 is 11.0 Å². The molecule has 1 fully saturated rings. The molecule has 1 aliphatic carbocycles. The van der Waals surface area contributed by atoms with Gasteiger partial charge in [0.15, 0.2) is 0 Å². The van der Waals surface area contributed by atoms with Gasteiger partial charge in [0.05, 0.1) is 11.0 Å². The monoisotopic (exact) mass is 287 g/mol. The molecule has 3 rings (SSSR count). The van der Waals surface area contributed by atoms with Gasteiger partial charge in [-0.2, -0.15) is 0 Å². The van der Waals surface area contributed by atoms with Gasteiger partial charge in [0.1, 0.15) is 0 Å². The molecule has 1 heterocycles. The molecule has 0 radical (unpaired) electrons. The maximum absolute atomic E-state index is 11.3. The average molecular weight is 287 g/mol. The van der Waals surface area contributed by atoms with Crippen molar-refractivity contribution in [3.05, 3.63) is 34.2 Å². The summed E-state index contributed by atoms with van der Waals surface area (Å²) in [6, 6.07) is 6.98. The van der Waals surface area contributed by atoms with Crippen LogP contribution in [-0.2, 0) is 0 Å². The molecule has 2 unspecified atom stereocenters. The Hall–Kier alpha value is -1.55. The van der Waals surface area contributed by atoms with E-state index in [4.69, 9.17) is 0 Å². The van der Waals surface area contributed by atoms with Crippen LogP contribution in [0.2, 0.25) is 0 Å². The van der Waals surface area contributed by atoms with Crippen LogP contribution in [0.4, 0.5) is 0 Å². The van der Waals surface area contributed by atoms with Gasteiger partial charge in [0.25, 0.3) is 0 Å². The fraction of sp³-hybridized carbons (Fsp3) is 0.588. The first-order valence-corrected chi connectivity index (χ1v) is 8.11. The first-order valence-electron chi connectivity index (χ1n) is 8.11. The third-order valence-corrected chi connectivity index (χ3v) is 4.91. The van der Waals surface area contributed by atoms with E-state index in [1.807, 2.05) is 6.07 Å². The summed E-state index contributed by atoms with van der Waals surface area (Å²) >= 11 is 0. The van der Waals surface area contributed by atoms with E-state index in [1.165, 1.54) is 37.7 Å². The zero-order chi connectivity index (χ0) is 14.8. The summed E-state index contributed by atoms with van der Waals surface area (Å²) in [6.07, 6.45) is 6.86. The third-order valence-electron chi connectivity index (χ3n) is 4.91. The number of nitrogens with one attached hydrogen (secondary N) is 3. The quantitative estimate of drug-likeness (QED) is 0.806. The van der Waals surface area contributed by atoms with Crippen molar-refractivity contribution in [2.45, 2.75) is 58.0 Å². The molecule has 4 nitrogen and oxygen atoms in total. The van der Waals surface area contributed by atoms with Crippen LogP contribution in [0.5, 0.6) is 0 Å². The molecule has 0 saturated heterocycles. The summed E-state index contributed by atoms with van der Waals surface area (Å²) in [7, 11) is 0. The number of hydrogen-bond acceptors (Lipinski definition) is 2. The van der Waals surface area contributed by atoms with Crippen molar-refractivity contribution in [3.63, 3.8) is 0 Å². The first kappa shape index (κ1) is 14.4. The molecule has 114 valence electrons. The van der Waals surface area contributed by atoms with Gasteiger partial charge in [0.2, 0.25) is 0 Å². The lowest BCUT2D eigenvalue weighted by molar-refractivity contribution is 0.268. The number of aromatic amines is 2. The number of H-pyrrole nitrogens is 2. The van der Waals surface area contributed by atoms with Gasteiger partial charge in [-0.15, -0.1) is 0 Å². The van der Waals surface area contributed by atoms with Crippen LogP contribution in [0, 0.1) is 5.92 Å². The molecule has 1 aromatic heterocycles. The lowest BCUT2D eigenvalue weighted by atomic mass is 9.84. The van der Waals surface area contributed by atoms with E-state index in [0.717, 1.165) is 17.0 Å². The van der Waals surface area contributed by atoms with Crippen molar-refractivity contribution in [2.24, 2.45) is 5.92 Å². The normalized spacial score (nSPS) is 19.7. The Bertz CT molecular complexity index is 651. The number of rotatable bonds is 4. The summed E-state index contributed by atoms with van der Waals surface area (Å²) in [6.45, 7) is 4.51. The second-order valence-electron chi connectivity index (χ2n) is 6.46. The van der Waals surface area contributed by atoms with Crippen LogP contribution in [0.15, 0.2) is 23.0 Å². The van der Waals surface area contributed by atoms with Crippen LogP contribution in [0.3, 0.4) is 0 Å². The van der Waals surface area contributed by atoms with Crippen molar-refractivity contribution < 1.29 is 0 Å². The minimum Gasteiger partial charge on any atom is -0.307 e. The molecule has 1 aromatic carbocycles. The Kier molecular flexibility index (Phi) is 4.15. The van der Waals surface area contributed by atoms with Crippen molar-refractivity contribution in [3.8, 4) is 0 Å². The molecule has 1 saturated carbocycles. The Morgan fingerprint density at radius 2 is 1.81 bits per heavy atom. The maximum Gasteiger partial charge on any atom is 0.323 e. The second-order valence-corrected chi connectivity index (χ2v) is 6.46. The van der Waals surface area contributed by atoms with Gasteiger partial charge in [-0.3, -0.25) is 0 Å². The Morgan fingerprint density at radius 1 is 1.10 bits per heavy atom. The van der Waals surface area contributed by atoms with E-state index >= 15 is 0 Å². The summed E-state index contributed by atoms with van der Waals surface area (Å²) in [5.74, 6) is 0.803. The predicted molar refractivity (Wildman–Crippen MR) is 86.5 cm³/mol. The highest BCUT2D eigenvalue weighted by Gasteiger charge is 2.21. The minimum absolute atomic E-state index is 0.140. The molecule has 2 aromatic rings. The van der Waals surface area contributed by atoms with Crippen LogP contribution in [0.25, 0.3) is 11.0 Å². The highest BCUT2D eigenvalue weighted by molar-refractivity contribution is 5.75. The third kappa shape index (κ3) is 3.21.